The normalized spacial score (nSPS) is 19.4. The third-order valence-electron chi connectivity index (χ3n) is 6.27. The van der Waals surface area contributed by atoms with Crippen molar-refractivity contribution in [3.63, 3.8) is 0 Å². The number of fused-ring (bicyclic) bond motifs is 1. The Bertz CT molecular complexity index is 1150. The standard InChI is InChI=1S/C17H14F3NO2.C8H13N3/c1-23-10-11-7-13-14(15(8-11)17(18,19)20)9-21(16(13)22)12-5-3-2-4-6-12;1-6-3-7(4-6)8-10-9-5-11(8)2/h2-8H,9-10H2,1H3;5-7H,3-4H2,1-2H3. The van der Waals surface area contributed by atoms with E-state index in [9.17, 15) is 18.0 Å². The smallest absolute Gasteiger partial charge is 0.380 e. The number of alkyl halides is 3. The lowest BCUT2D eigenvalue weighted by Crippen LogP contribution is -2.22. The highest BCUT2D eigenvalue weighted by Crippen LogP contribution is 2.40. The van der Waals surface area contributed by atoms with Gasteiger partial charge in [-0.2, -0.15) is 13.2 Å². The predicted octanol–water partition coefficient (Wildman–Crippen LogP) is 5.34. The second-order valence-corrected chi connectivity index (χ2v) is 8.90. The van der Waals surface area contributed by atoms with E-state index in [0.29, 0.717) is 17.2 Å². The molecular weight excluding hydrogens is 445 g/mol. The van der Waals surface area contributed by atoms with Crippen LogP contribution in [0.1, 0.15) is 58.6 Å². The van der Waals surface area contributed by atoms with Gasteiger partial charge in [-0.05, 0) is 54.2 Å². The van der Waals surface area contributed by atoms with Gasteiger partial charge in [-0.3, -0.25) is 4.79 Å². The highest BCUT2D eigenvalue weighted by Gasteiger charge is 2.40. The van der Waals surface area contributed by atoms with Crippen molar-refractivity contribution < 1.29 is 22.7 Å². The van der Waals surface area contributed by atoms with Gasteiger partial charge in [-0.1, -0.05) is 25.1 Å². The minimum Gasteiger partial charge on any atom is -0.380 e. The number of para-hydroxylation sites is 1. The molecule has 0 radical (unpaired) electrons. The van der Waals surface area contributed by atoms with Crippen molar-refractivity contribution in [2.24, 2.45) is 13.0 Å². The highest BCUT2D eigenvalue weighted by molar-refractivity contribution is 6.10. The number of rotatable bonds is 4. The average Bonchev–Trinajstić information content (AvgIpc) is 3.35. The summed E-state index contributed by atoms with van der Waals surface area (Å²) in [4.78, 5) is 13.9. The van der Waals surface area contributed by atoms with Crippen LogP contribution in [0.3, 0.4) is 0 Å². The van der Waals surface area contributed by atoms with Crippen LogP contribution in [0, 0.1) is 5.92 Å². The van der Waals surface area contributed by atoms with Crippen LogP contribution < -0.4 is 4.90 Å². The molecule has 0 spiro atoms. The van der Waals surface area contributed by atoms with E-state index in [1.54, 1.807) is 36.7 Å². The number of amides is 1. The van der Waals surface area contributed by atoms with Gasteiger partial charge >= 0.3 is 6.18 Å². The number of anilines is 1. The molecule has 2 aromatic carbocycles. The monoisotopic (exact) mass is 472 g/mol. The predicted molar refractivity (Wildman–Crippen MR) is 121 cm³/mol. The van der Waals surface area contributed by atoms with Gasteiger partial charge in [0.2, 0.25) is 0 Å². The fourth-order valence-corrected chi connectivity index (χ4v) is 4.56. The molecule has 180 valence electrons. The zero-order valence-electron chi connectivity index (χ0n) is 19.3. The molecule has 2 aliphatic rings. The Kier molecular flexibility index (Phi) is 6.74. The number of aromatic nitrogens is 3. The number of carbonyl (C=O) groups excluding carboxylic acids is 1. The Morgan fingerprint density at radius 3 is 2.41 bits per heavy atom. The van der Waals surface area contributed by atoms with Crippen molar-refractivity contribution in [2.45, 2.75) is 45.0 Å². The van der Waals surface area contributed by atoms with Gasteiger partial charge in [0.25, 0.3) is 5.91 Å². The minimum absolute atomic E-state index is 0.0196. The van der Waals surface area contributed by atoms with E-state index in [4.69, 9.17) is 4.74 Å². The van der Waals surface area contributed by atoms with E-state index in [1.807, 2.05) is 11.6 Å². The largest absolute Gasteiger partial charge is 0.416 e. The molecule has 0 N–H and O–H groups in total. The van der Waals surface area contributed by atoms with Crippen molar-refractivity contribution in [1.29, 1.82) is 0 Å². The summed E-state index contributed by atoms with van der Waals surface area (Å²) in [6, 6.07) is 11.2. The van der Waals surface area contributed by atoms with E-state index >= 15 is 0 Å². The van der Waals surface area contributed by atoms with E-state index in [1.165, 1.54) is 30.9 Å². The Morgan fingerprint density at radius 2 is 1.85 bits per heavy atom. The fraction of sp³-hybridized carbons (Fsp3) is 0.400. The molecule has 1 aliphatic carbocycles. The van der Waals surface area contributed by atoms with Crippen LogP contribution >= 0.6 is 0 Å². The number of aryl methyl sites for hydroxylation is 1. The first-order valence-electron chi connectivity index (χ1n) is 11.1. The average molecular weight is 473 g/mol. The SMILES string of the molecule is CC1CC(c2nncn2C)C1.COCc1cc2c(c(C(F)(F)F)c1)CN(c1ccccc1)C2=O. The summed E-state index contributed by atoms with van der Waals surface area (Å²) in [6.45, 7) is 2.22. The molecule has 0 saturated heterocycles. The van der Waals surface area contributed by atoms with Crippen LogP contribution in [0.5, 0.6) is 0 Å². The maximum absolute atomic E-state index is 13.3. The lowest BCUT2D eigenvalue weighted by Gasteiger charge is -2.31. The number of carbonyl (C=O) groups is 1. The molecule has 2 heterocycles. The molecule has 1 aliphatic heterocycles. The molecule has 5 rings (SSSR count). The first-order chi connectivity index (χ1) is 16.2. The number of benzene rings is 2. The summed E-state index contributed by atoms with van der Waals surface area (Å²) in [5.41, 5.74) is 0.257. The summed E-state index contributed by atoms with van der Waals surface area (Å²) in [6.07, 6.45) is -0.168. The third kappa shape index (κ3) is 4.84. The molecule has 9 heteroatoms. The van der Waals surface area contributed by atoms with Gasteiger partial charge in [-0.15, -0.1) is 10.2 Å². The summed E-state index contributed by atoms with van der Waals surface area (Å²) >= 11 is 0. The molecule has 6 nitrogen and oxygen atoms in total. The molecule has 1 fully saturated rings. The topological polar surface area (TPSA) is 60.2 Å². The zero-order valence-corrected chi connectivity index (χ0v) is 19.3. The molecule has 1 aromatic heterocycles. The van der Waals surface area contributed by atoms with Crippen molar-refractivity contribution >= 4 is 11.6 Å². The lowest BCUT2D eigenvalue weighted by molar-refractivity contribution is -0.138. The van der Waals surface area contributed by atoms with Gasteiger partial charge in [0.05, 0.1) is 18.7 Å². The number of methoxy groups -OCH3 is 1. The molecule has 1 amide bonds. The van der Waals surface area contributed by atoms with Crippen LogP contribution in [0.4, 0.5) is 18.9 Å². The molecule has 3 aromatic rings. The third-order valence-corrected chi connectivity index (χ3v) is 6.27. The molecule has 34 heavy (non-hydrogen) atoms. The van der Waals surface area contributed by atoms with Crippen LogP contribution in [0.25, 0.3) is 0 Å². The van der Waals surface area contributed by atoms with Crippen molar-refractivity contribution in [1.82, 2.24) is 14.8 Å². The zero-order chi connectivity index (χ0) is 24.5. The van der Waals surface area contributed by atoms with Gasteiger partial charge in [-0.25, -0.2) is 0 Å². The van der Waals surface area contributed by atoms with Crippen LogP contribution in [-0.2, 0) is 31.1 Å². The Hall–Kier alpha value is -3.20. The summed E-state index contributed by atoms with van der Waals surface area (Å²) in [5.74, 6) is 2.30. The molecule has 0 unspecified atom stereocenters. The Labute approximate surface area is 196 Å². The van der Waals surface area contributed by atoms with Gasteiger partial charge in [0, 0.05) is 31.3 Å². The second-order valence-electron chi connectivity index (χ2n) is 8.90. The number of ether oxygens (including phenoxy) is 1. The first kappa shape index (κ1) is 23.9. The fourth-order valence-electron chi connectivity index (χ4n) is 4.56. The lowest BCUT2D eigenvalue weighted by atomic mass is 9.76. The quantitative estimate of drug-likeness (QED) is 0.514. The van der Waals surface area contributed by atoms with Crippen LogP contribution in [0.2, 0.25) is 0 Å². The van der Waals surface area contributed by atoms with E-state index in [-0.39, 0.29) is 24.3 Å². The van der Waals surface area contributed by atoms with Gasteiger partial charge in [0.15, 0.2) is 0 Å². The number of halogens is 3. The highest BCUT2D eigenvalue weighted by atomic mass is 19.4. The number of hydrogen-bond donors (Lipinski definition) is 0. The molecule has 0 bridgehead atoms. The van der Waals surface area contributed by atoms with E-state index in [0.717, 1.165) is 17.8 Å². The Morgan fingerprint density at radius 1 is 1.15 bits per heavy atom. The van der Waals surface area contributed by atoms with Crippen molar-refractivity contribution in [3.05, 3.63) is 76.9 Å². The van der Waals surface area contributed by atoms with Gasteiger partial charge in [0.1, 0.15) is 12.2 Å². The molecular formula is C25H27F3N4O2. The summed E-state index contributed by atoms with van der Waals surface area (Å²) in [7, 11) is 3.41. The van der Waals surface area contributed by atoms with Crippen LogP contribution in [-0.4, -0.2) is 27.8 Å². The maximum Gasteiger partial charge on any atom is 0.416 e. The summed E-state index contributed by atoms with van der Waals surface area (Å²) < 4.78 is 47.0. The first-order valence-corrected chi connectivity index (χ1v) is 11.1. The van der Waals surface area contributed by atoms with E-state index in [2.05, 4.69) is 17.1 Å². The summed E-state index contributed by atoms with van der Waals surface area (Å²) in [5, 5.41) is 7.95. The van der Waals surface area contributed by atoms with Crippen molar-refractivity contribution in [3.8, 4) is 0 Å². The Balaban J connectivity index is 0.000000207. The number of nitrogens with zero attached hydrogens (tertiary/aromatic N) is 4. The van der Waals surface area contributed by atoms with Crippen LogP contribution in [0.15, 0.2) is 48.8 Å². The maximum atomic E-state index is 13.3. The van der Waals surface area contributed by atoms with Gasteiger partial charge < -0.3 is 14.2 Å². The number of hydrogen-bond acceptors (Lipinski definition) is 4. The second kappa shape index (κ2) is 9.58. The minimum atomic E-state index is -4.51. The molecule has 0 atom stereocenters. The van der Waals surface area contributed by atoms with Crippen molar-refractivity contribution in [2.75, 3.05) is 12.0 Å². The molecule has 1 saturated carbocycles. The van der Waals surface area contributed by atoms with E-state index < -0.39 is 17.6 Å².